The summed E-state index contributed by atoms with van der Waals surface area (Å²) in [6.45, 7) is 1.67. The number of hydrogen-bond donors (Lipinski definition) is 3. The van der Waals surface area contributed by atoms with Gasteiger partial charge in [0.05, 0.1) is 0 Å². The van der Waals surface area contributed by atoms with Crippen molar-refractivity contribution in [3.8, 4) is 0 Å². The van der Waals surface area contributed by atoms with Crippen LogP contribution in [0.15, 0.2) is 0 Å². The van der Waals surface area contributed by atoms with Crippen LogP contribution in [0, 0.1) is 17.8 Å². The minimum absolute atomic E-state index is 0.0562. The minimum Gasteiger partial charge on any atom is -0.335 e. The van der Waals surface area contributed by atoms with Crippen molar-refractivity contribution in [1.82, 2.24) is 20.9 Å². The lowest BCUT2D eigenvalue weighted by Gasteiger charge is -2.29. The molecule has 0 aromatic rings. The van der Waals surface area contributed by atoms with Gasteiger partial charge in [-0.2, -0.15) is 0 Å². The van der Waals surface area contributed by atoms with E-state index in [-0.39, 0.29) is 23.8 Å². The maximum Gasteiger partial charge on any atom is 0.325 e. The fraction of sp³-hybridized carbons (Fsp3) is 0.789. The van der Waals surface area contributed by atoms with Crippen LogP contribution in [0.3, 0.4) is 0 Å². The van der Waals surface area contributed by atoms with Crippen molar-refractivity contribution in [2.24, 2.45) is 17.8 Å². The molecule has 148 valence electrons. The van der Waals surface area contributed by atoms with Gasteiger partial charge in [-0.25, -0.2) is 9.59 Å². The molecule has 0 spiro atoms. The van der Waals surface area contributed by atoms with Gasteiger partial charge in [0.15, 0.2) is 0 Å². The average molecular weight is 376 g/mol. The summed E-state index contributed by atoms with van der Waals surface area (Å²) >= 11 is 0. The Morgan fingerprint density at radius 3 is 2.30 bits per heavy atom. The van der Waals surface area contributed by atoms with Crippen molar-refractivity contribution in [2.75, 3.05) is 6.54 Å². The van der Waals surface area contributed by atoms with Crippen LogP contribution in [0.25, 0.3) is 0 Å². The topological polar surface area (TPSA) is 108 Å². The van der Waals surface area contributed by atoms with E-state index in [1.807, 2.05) is 0 Å². The largest absolute Gasteiger partial charge is 0.335 e. The lowest BCUT2D eigenvalue weighted by atomic mass is 9.86. The van der Waals surface area contributed by atoms with Crippen LogP contribution < -0.4 is 16.0 Å². The summed E-state index contributed by atoms with van der Waals surface area (Å²) in [5, 5.41) is 7.99. The maximum atomic E-state index is 12.9. The second-order valence-electron chi connectivity index (χ2n) is 8.63. The summed E-state index contributed by atoms with van der Waals surface area (Å²) in [6, 6.07) is -1.02. The smallest absolute Gasteiger partial charge is 0.325 e. The zero-order valence-corrected chi connectivity index (χ0v) is 15.8. The Morgan fingerprint density at radius 2 is 1.70 bits per heavy atom. The van der Waals surface area contributed by atoms with E-state index >= 15 is 0 Å². The Labute approximate surface area is 158 Å². The third-order valence-corrected chi connectivity index (χ3v) is 6.58. The quantitative estimate of drug-likeness (QED) is 0.632. The standard InChI is InChI=1S/C19H28N4O4/c1-11-4-2-3-5-14(11)20-17(26)21-15(24)10-23-16(25)19(12-6-7-12,13-8-9-13)22-18(23)27/h11-14H,2-10H2,1H3,(H,22,27)(H2,20,21,24,26). The number of nitrogens with one attached hydrogen (secondary N) is 3. The molecule has 0 bridgehead atoms. The maximum absolute atomic E-state index is 12.9. The van der Waals surface area contributed by atoms with E-state index in [1.165, 1.54) is 0 Å². The fourth-order valence-corrected chi connectivity index (χ4v) is 4.77. The van der Waals surface area contributed by atoms with Crippen molar-refractivity contribution in [1.29, 1.82) is 0 Å². The first-order valence-corrected chi connectivity index (χ1v) is 10.2. The van der Waals surface area contributed by atoms with Crippen LogP contribution >= 0.6 is 0 Å². The fourth-order valence-electron chi connectivity index (χ4n) is 4.77. The SMILES string of the molecule is CC1CCCCC1NC(=O)NC(=O)CN1C(=O)NC(C2CC2)(C2CC2)C1=O. The number of hydrogen-bond acceptors (Lipinski definition) is 4. The van der Waals surface area contributed by atoms with Crippen molar-refractivity contribution in [2.45, 2.75) is 69.9 Å². The molecule has 3 saturated carbocycles. The highest BCUT2D eigenvalue weighted by Gasteiger charge is 2.65. The molecule has 27 heavy (non-hydrogen) atoms. The van der Waals surface area contributed by atoms with E-state index in [4.69, 9.17) is 0 Å². The zero-order valence-electron chi connectivity index (χ0n) is 15.8. The Bertz CT molecular complexity index is 659. The number of imide groups is 2. The van der Waals surface area contributed by atoms with Crippen molar-refractivity contribution in [3.05, 3.63) is 0 Å². The zero-order chi connectivity index (χ0) is 19.2. The molecule has 6 amide bonds. The number of urea groups is 2. The molecule has 8 heteroatoms. The number of carbonyl (C=O) groups is 4. The summed E-state index contributed by atoms with van der Waals surface area (Å²) in [6.07, 6.45) is 7.93. The second kappa shape index (κ2) is 6.80. The van der Waals surface area contributed by atoms with Crippen LogP contribution in [0.5, 0.6) is 0 Å². The van der Waals surface area contributed by atoms with E-state index in [0.717, 1.165) is 56.3 Å². The molecular formula is C19H28N4O4. The third kappa shape index (κ3) is 3.41. The Balaban J connectivity index is 1.33. The number of nitrogens with zero attached hydrogens (tertiary/aromatic N) is 1. The van der Waals surface area contributed by atoms with E-state index in [9.17, 15) is 19.2 Å². The molecule has 3 aliphatic carbocycles. The van der Waals surface area contributed by atoms with Crippen molar-refractivity contribution >= 4 is 23.9 Å². The molecule has 0 aromatic heterocycles. The highest BCUT2D eigenvalue weighted by Crippen LogP contribution is 2.54. The van der Waals surface area contributed by atoms with Gasteiger partial charge in [0, 0.05) is 6.04 Å². The average Bonchev–Trinajstić information content (AvgIpc) is 3.52. The van der Waals surface area contributed by atoms with Crippen molar-refractivity contribution < 1.29 is 19.2 Å². The molecule has 1 saturated heterocycles. The van der Waals surface area contributed by atoms with Gasteiger partial charge < -0.3 is 10.6 Å². The lowest BCUT2D eigenvalue weighted by molar-refractivity contribution is -0.136. The minimum atomic E-state index is -0.808. The first kappa shape index (κ1) is 18.3. The van der Waals surface area contributed by atoms with Crippen LogP contribution in [0.2, 0.25) is 0 Å². The van der Waals surface area contributed by atoms with Gasteiger partial charge in [-0.1, -0.05) is 19.8 Å². The second-order valence-corrected chi connectivity index (χ2v) is 8.63. The molecule has 8 nitrogen and oxygen atoms in total. The summed E-state index contributed by atoms with van der Waals surface area (Å²) in [7, 11) is 0. The van der Waals surface area contributed by atoms with Gasteiger partial charge in [0.1, 0.15) is 12.1 Å². The van der Waals surface area contributed by atoms with Crippen LogP contribution in [0.1, 0.15) is 58.3 Å². The van der Waals surface area contributed by atoms with Gasteiger partial charge in [0.25, 0.3) is 5.91 Å². The molecule has 4 rings (SSSR count). The predicted octanol–water partition coefficient (Wildman–Crippen LogP) is 1.50. The Kier molecular flexibility index (Phi) is 4.60. The van der Waals surface area contributed by atoms with Crippen LogP contribution in [0.4, 0.5) is 9.59 Å². The molecule has 2 atom stereocenters. The van der Waals surface area contributed by atoms with Gasteiger partial charge in [-0.15, -0.1) is 0 Å². The Morgan fingerprint density at radius 1 is 1.07 bits per heavy atom. The first-order chi connectivity index (χ1) is 12.9. The number of carbonyl (C=O) groups excluding carboxylic acids is 4. The van der Waals surface area contributed by atoms with E-state index < -0.39 is 30.1 Å². The van der Waals surface area contributed by atoms with Gasteiger partial charge in [-0.3, -0.25) is 19.8 Å². The summed E-state index contributed by atoms with van der Waals surface area (Å²) < 4.78 is 0. The molecular weight excluding hydrogens is 348 g/mol. The van der Waals surface area contributed by atoms with Gasteiger partial charge >= 0.3 is 12.1 Å². The first-order valence-electron chi connectivity index (χ1n) is 10.2. The number of rotatable bonds is 5. The van der Waals surface area contributed by atoms with E-state index in [2.05, 4.69) is 22.9 Å². The highest BCUT2D eigenvalue weighted by molar-refractivity contribution is 6.10. The summed E-state index contributed by atoms with van der Waals surface area (Å²) in [5.74, 6) is -0.185. The van der Waals surface area contributed by atoms with E-state index in [0.29, 0.717) is 5.92 Å². The summed E-state index contributed by atoms with van der Waals surface area (Å²) in [5.41, 5.74) is -0.808. The molecule has 2 unspecified atom stereocenters. The van der Waals surface area contributed by atoms with Crippen molar-refractivity contribution in [3.63, 3.8) is 0 Å². The van der Waals surface area contributed by atoms with E-state index in [1.54, 1.807) is 0 Å². The Hall–Kier alpha value is -2.12. The molecule has 1 aliphatic heterocycles. The summed E-state index contributed by atoms with van der Waals surface area (Å²) in [4.78, 5) is 50.7. The molecule has 0 radical (unpaired) electrons. The molecule has 1 heterocycles. The normalized spacial score (nSPS) is 30.0. The third-order valence-electron chi connectivity index (χ3n) is 6.58. The van der Waals surface area contributed by atoms with Crippen LogP contribution in [-0.4, -0.2) is 46.9 Å². The molecule has 4 aliphatic rings. The van der Waals surface area contributed by atoms with Crippen LogP contribution in [-0.2, 0) is 9.59 Å². The molecule has 0 aromatic carbocycles. The number of amides is 6. The van der Waals surface area contributed by atoms with Gasteiger partial charge in [0.2, 0.25) is 5.91 Å². The van der Waals surface area contributed by atoms with Gasteiger partial charge in [-0.05, 0) is 56.3 Å². The predicted molar refractivity (Wildman–Crippen MR) is 96.5 cm³/mol. The monoisotopic (exact) mass is 376 g/mol. The molecule has 4 fully saturated rings. The molecule has 3 N–H and O–H groups in total. The highest BCUT2D eigenvalue weighted by atomic mass is 16.2. The lowest BCUT2D eigenvalue weighted by Crippen LogP contribution is -2.52.